The van der Waals surface area contributed by atoms with Crippen molar-refractivity contribution >= 4 is 27.3 Å². The van der Waals surface area contributed by atoms with Crippen molar-refractivity contribution < 1.29 is 8.42 Å². The van der Waals surface area contributed by atoms with Crippen LogP contribution in [-0.4, -0.2) is 24.1 Å². The molecular weight excluding hydrogens is 286 g/mol. The molecule has 100 valence electrons. The third-order valence-corrected chi connectivity index (χ3v) is 4.04. The summed E-state index contributed by atoms with van der Waals surface area (Å²) in [5.41, 5.74) is 1.21. The van der Waals surface area contributed by atoms with Crippen LogP contribution in [0.25, 0.3) is 0 Å². The Balaban J connectivity index is 2.02. The first-order chi connectivity index (χ1) is 9.07. The Morgan fingerprint density at radius 1 is 1.11 bits per heavy atom. The number of hydrogen-bond acceptors (Lipinski definition) is 4. The van der Waals surface area contributed by atoms with Gasteiger partial charge in [-0.1, -0.05) is 11.6 Å². The summed E-state index contributed by atoms with van der Waals surface area (Å²) in [5.74, 6) is -0.0256. The third kappa shape index (κ3) is 4.18. The fourth-order valence-electron chi connectivity index (χ4n) is 1.47. The largest absolute Gasteiger partial charge is 0.280 e. The first kappa shape index (κ1) is 13.8. The van der Waals surface area contributed by atoms with Gasteiger partial charge in [-0.05, 0) is 30.2 Å². The fraction of sp³-hybridized carbons (Fsp3) is 0.167. The summed E-state index contributed by atoms with van der Waals surface area (Å²) in [5, 5.41) is 0.322. The van der Waals surface area contributed by atoms with E-state index in [0.29, 0.717) is 17.1 Å². The molecule has 0 saturated heterocycles. The van der Waals surface area contributed by atoms with Gasteiger partial charge in [0.05, 0.1) is 22.7 Å². The normalized spacial score (nSPS) is 11.2. The summed E-state index contributed by atoms with van der Waals surface area (Å²) in [6.07, 6.45) is 6.56. The zero-order valence-electron chi connectivity index (χ0n) is 9.95. The number of aromatic nitrogens is 2. The van der Waals surface area contributed by atoms with Crippen molar-refractivity contribution in [3.8, 4) is 0 Å². The number of sulfonamides is 1. The molecule has 0 spiro atoms. The molecule has 7 heteroatoms. The molecule has 0 aliphatic carbocycles. The first-order valence-electron chi connectivity index (χ1n) is 5.56. The topological polar surface area (TPSA) is 72.0 Å². The maximum absolute atomic E-state index is 11.9. The lowest BCUT2D eigenvalue weighted by atomic mass is 10.2. The van der Waals surface area contributed by atoms with Crippen molar-refractivity contribution in [2.75, 3.05) is 10.5 Å². The van der Waals surface area contributed by atoms with Crippen LogP contribution in [0.2, 0.25) is 5.02 Å². The maximum Gasteiger partial charge on any atom is 0.233 e. The van der Waals surface area contributed by atoms with E-state index in [1.807, 2.05) is 0 Å². The maximum atomic E-state index is 11.9. The van der Waals surface area contributed by atoms with Gasteiger partial charge in [0.2, 0.25) is 10.0 Å². The molecule has 0 fully saturated rings. The van der Waals surface area contributed by atoms with E-state index in [4.69, 9.17) is 11.6 Å². The van der Waals surface area contributed by atoms with Gasteiger partial charge in [-0.2, -0.15) is 0 Å². The molecule has 0 atom stereocenters. The Morgan fingerprint density at radius 2 is 1.79 bits per heavy atom. The summed E-state index contributed by atoms with van der Waals surface area (Å²) < 4.78 is 26.2. The van der Waals surface area contributed by atoms with Crippen LogP contribution < -0.4 is 4.72 Å². The Bertz CT molecular complexity index is 647. The minimum atomic E-state index is -3.45. The zero-order valence-corrected chi connectivity index (χ0v) is 11.5. The average molecular weight is 298 g/mol. The lowest BCUT2D eigenvalue weighted by Crippen LogP contribution is -2.18. The molecule has 2 rings (SSSR count). The Labute approximate surface area is 116 Å². The van der Waals surface area contributed by atoms with Crippen molar-refractivity contribution in [2.45, 2.75) is 6.42 Å². The van der Waals surface area contributed by atoms with Crippen LogP contribution in [0.15, 0.2) is 43.0 Å². The van der Waals surface area contributed by atoms with E-state index < -0.39 is 10.0 Å². The van der Waals surface area contributed by atoms with Crippen LogP contribution in [0.3, 0.4) is 0 Å². The van der Waals surface area contributed by atoms with Gasteiger partial charge in [-0.15, -0.1) is 0 Å². The number of halogens is 1. The highest BCUT2D eigenvalue weighted by Gasteiger charge is 2.12. The van der Waals surface area contributed by atoms with Crippen LogP contribution in [0.1, 0.15) is 5.56 Å². The van der Waals surface area contributed by atoms with Crippen LogP contribution in [0, 0.1) is 0 Å². The number of rotatable bonds is 5. The molecule has 0 saturated carbocycles. The van der Waals surface area contributed by atoms with Gasteiger partial charge in [0.15, 0.2) is 0 Å². The SMILES string of the molecule is O=S(=O)(CCc1ccncc1)Nc1cnccc1Cl. The summed E-state index contributed by atoms with van der Waals surface area (Å²) in [6, 6.07) is 5.10. The monoisotopic (exact) mass is 297 g/mol. The standard InChI is InChI=1S/C12H12ClN3O2S/c13-11-3-7-15-9-12(11)16-19(17,18)8-4-10-1-5-14-6-2-10/h1-3,5-7,9,16H,4,8H2. The van der Waals surface area contributed by atoms with E-state index in [1.165, 1.54) is 18.5 Å². The minimum absolute atomic E-state index is 0.0256. The number of nitrogens with zero attached hydrogens (tertiary/aromatic N) is 2. The number of aryl methyl sites for hydroxylation is 1. The number of anilines is 1. The van der Waals surface area contributed by atoms with E-state index in [9.17, 15) is 8.42 Å². The third-order valence-electron chi connectivity index (χ3n) is 2.44. The second-order valence-electron chi connectivity index (χ2n) is 3.88. The molecule has 0 aromatic carbocycles. The van der Waals surface area contributed by atoms with Gasteiger partial charge >= 0.3 is 0 Å². The van der Waals surface area contributed by atoms with Gasteiger partial charge in [0, 0.05) is 18.6 Å². The predicted molar refractivity (Wildman–Crippen MR) is 74.6 cm³/mol. The average Bonchev–Trinajstić information content (AvgIpc) is 2.40. The highest BCUT2D eigenvalue weighted by molar-refractivity contribution is 7.92. The Hall–Kier alpha value is -1.66. The van der Waals surface area contributed by atoms with Crippen molar-refractivity contribution in [3.05, 3.63) is 53.6 Å². The lowest BCUT2D eigenvalue weighted by molar-refractivity contribution is 0.600. The summed E-state index contributed by atoms with van der Waals surface area (Å²) in [7, 11) is -3.45. The quantitative estimate of drug-likeness (QED) is 0.917. The van der Waals surface area contributed by atoms with Crippen LogP contribution in [0.4, 0.5) is 5.69 Å². The van der Waals surface area contributed by atoms with E-state index in [0.717, 1.165) is 5.56 Å². The van der Waals surface area contributed by atoms with Gasteiger partial charge in [0.1, 0.15) is 0 Å². The highest BCUT2D eigenvalue weighted by Crippen LogP contribution is 2.20. The van der Waals surface area contributed by atoms with Gasteiger partial charge < -0.3 is 0 Å². The van der Waals surface area contributed by atoms with Crippen LogP contribution >= 0.6 is 11.6 Å². The molecule has 0 amide bonds. The molecule has 2 aromatic heterocycles. The van der Waals surface area contributed by atoms with Crippen LogP contribution in [-0.2, 0) is 16.4 Å². The molecule has 19 heavy (non-hydrogen) atoms. The van der Waals surface area contributed by atoms with Gasteiger partial charge in [0.25, 0.3) is 0 Å². The molecule has 2 aromatic rings. The van der Waals surface area contributed by atoms with E-state index in [2.05, 4.69) is 14.7 Å². The fourth-order valence-corrected chi connectivity index (χ4v) is 2.79. The van der Waals surface area contributed by atoms with E-state index in [1.54, 1.807) is 24.5 Å². The molecule has 0 aliphatic heterocycles. The summed E-state index contributed by atoms with van der Waals surface area (Å²) >= 11 is 5.87. The van der Waals surface area contributed by atoms with Crippen molar-refractivity contribution in [2.24, 2.45) is 0 Å². The van der Waals surface area contributed by atoms with Gasteiger partial charge in [-0.25, -0.2) is 8.42 Å². The Morgan fingerprint density at radius 3 is 2.47 bits per heavy atom. The molecule has 0 aliphatic rings. The number of hydrogen-bond donors (Lipinski definition) is 1. The Kier molecular flexibility index (Phi) is 4.34. The van der Waals surface area contributed by atoms with Crippen molar-refractivity contribution in [1.29, 1.82) is 0 Å². The smallest absolute Gasteiger partial charge is 0.233 e. The second kappa shape index (κ2) is 5.99. The molecule has 0 radical (unpaired) electrons. The summed E-state index contributed by atoms with van der Waals surface area (Å²) in [4.78, 5) is 7.71. The number of pyridine rings is 2. The first-order valence-corrected chi connectivity index (χ1v) is 7.59. The van der Waals surface area contributed by atoms with Crippen molar-refractivity contribution in [1.82, 2.24) is 9.97 Å². The van der Waals surface area contributed by atoms with Crippen molar-refractivity contribution in [3.63, 3.8) is 0 Å². The molecule has 1 N–H and O–H groups in total. The highest BCUT2D eigenvalue weighted by atomic mass is 35.5. The van der Waals surface area contributed by atoms with Gasteiger partial charge in [-0.3, -0.25) is 14.7 Å². The summed E-state index contributed by atoms with van der Waals surface area (Å²) in [6.45, 7) is 0. The second-order valence-corrected chi connectivity index (χ2v) is 6.13. The number of nitrogens with one attached hydrogen (secondary N) is 1. The van der Waals surface area contributed by atoms with Crippen LogP contribution in [0.5, 0.6) is 0 Å². The molecule has 5 nitrogen and oxygen atoms in total. The molecular formula is C12H12ClN3O2S. The lowest BCUT2D eigenvalue weighted by Gasteiger charge is -2.08. The molecule has 0 bridgehead atoms. The zero-order chi connectivity index (χ0) is 13.7. The minimum Gasteiger partial charge on any atom is -0.280 e. The predicted octanol–water partition coefficient (Wildman–Crippen LogP) is 2.11. The van der Waals surface area contributed by atoms with E-state index >= 15 is 0 Å². The molecule has 0 unspecified atom stereocenters. The molecule has 2 heterocycles. The van der Waals surface area contributed by atoms with E-state index in [-0.39, 0.29) is 5.75 Å².